The standard InChI is InChI=1S/C31H35N3O6/c1-17(35)38-29-26-24(40-31(3,4)30(29)39-18(2)36)16-22(32-12-13-33(5)6)25-27(26)34(7)23-15-20-11-9-8-10-19(20)14-21(23)28(25)37/h8-11,14-16,29-30,32H,12-13H2,1-7H3/t29-,30+/m0/s1. The molecule has 0 amide bonds. The van der Waals surface area contributed by atoms with Gasteiger partial charge in [0.05, 0.1) is 27.7 Å². The average Bonchev–Trinajstić information content (AvgIpc) is 2.87. The van der Waals surface area contributed by atoms with Crippen LogP contribution in [-0.4, -0.2) is 60.3 Å². The van der Waals surface area contributed by atoms with Gasteiger partial charge in [-0.3, -0.25) is 14.4 Å². The fourth-order valence-electron chi connectivity index (χ4n) is 5.63. The Kier molecular flexibility index (Phi) is 6.95. The van der Waals surface area contributed by atoms with Crippen LogP contribution in [0.4, 0.5) is 5.69 Å². The number of likely N-dealkylation sites (N-methyl/N-ethyl adjacent to an activating group) is 1. The molecule has 0 aliphatic carbocycles. The molecule has 0 saturated carbocycles. The minimum atomic E-state index is -1.03. The molecule has 4 aromatic rings. The highest BCUT2D eigenvalue weighted by molar-refractivity contribution is 6.06. The predicted octanol–water partition coefficient (Wildman–Crippen LogP) is 4.53. The number of rotatable bonds is 6. The van der Waals surface area contributed by atoms with Crippen LogP contribution in [0, 0.1) is 0 Å². The largest absolute Gasteiger partial charge is 0.483 e. The van der Waals surface area contributed by atoms with E-state index in [-0.39, 0.29) is 5.43 Å². The summed E-state index contributed by atoms with van der Waals surface area (Å²) in [6, 6.07) is 13.6. The van der Waals surface area contributed by atoms with E-state index in [1.54, 1.807) is 19.9 Å². The SMILES string of the molecule is CC(=O)O[C@@H]1[C@@H](OC(C)=O)c2c(cc(NCCN(C)C)c3c(=O)c4cc5ccccc5cc4n(C)c23)OC1(C)C. The topological polar surface area (TPSA) is 99.1 Å². The Bertz CT molecular complexity index is 1720. The zero-order valence-corrected chi connectivity index (χ0v) is 24.0. The van der Waals surface area contributed by atoms with Gasteiger partial charge in [0, 0.05) is 45.4 Å². The second-order valence-electron chi connectivity index (χ2n) is 11.2. The number of aromatic nitrogens is 1. The van der Waals surface area contributed by atoms with Gasteiger partial charge in [-0.25, -0.2) is 0 Å². The van der Waals surface area contributed by atoms with E-state index in [1.807, 2.05) is 67.0 Å². The summed E-state index contributed by atoms with van der Waals surface area (Å²) in [5, 5.41) is 6.41. The van der Waals surface area contributed by atoms with Gasteiger partial charge in [0.15, 0.2) is 17.6 Å². The minimum absolute atomic E-state index is 0.153. The van der Waals surface area contributed by atoms with Gasteiger partial charge in [0.25, 0.3) is 0 Å². The molecular weight excluding hydrogens is 510 g/mol. The number of esters is 2. The highest BCUT2D eigenvalue weighted by Crippen LogP contribution is 2.48. The summed E-state index contributed by atoms with van der Waals surface area (Å²) in [5.41, 5.74) is 1.20. The first kappa shape index (κ1) is 27.5. The quantitative estimate of drug-likeness (QED) is 0.279. The van der Waals surface area contributed by atoms with Crippen LogP contribution in [0.25, 0.3) is 32.6 Å². The van der Waals surface area contributed by atoms with E-state index in [1.165, 1.54) is 13.8 Å². The molecule has 0 unspecified atom stereocenters. The molecule has 0 saturated heterocycles. The van der Waals surface area contributed by atoms with Crippen molar-refractivity contribution in [3.8, 4) is 5.75 Å². The van der Waals surface area contributed by atoms with Crippen LogP contribution in [0.15, 0.2) is 47.3 Å². The fraction of sp³-hybridized carbons (Fsp3) is 0.387. The first-order chi connectivity index (χ1) is 18.9. The number of fused-ring (bicyclic) bond motifs is 5. The fourth-order valence-corrected chi connectivity index (χ4v) is 5.63. The summed E-state index contributed by atoms with van der Waals surface area (Å²) < 4.78 is 20.0. The monoisotopic (exact) mass is 545 g/mol. The predicted molar refractivity (Wildman–Crippen MR) is 156 cm³/mol. The number of aryl methyl sites for hydroxylation is 1. The Labute approximate surface area is 232 Å². The number of nitrogens with one attached hydrogen (secondary N) is 1. The Morgan fingerprint density at radius 2 is 1.70 bits per heavy atom. The number of ether oxygens (including phenoxy) is 3. The summed E-state index contributed by atoms with van der Waals surface area (Å²) in [7, 11) is 5.84. The molecule has 1 aliphatic heterocycles. The van der Waals surface area contributed by atoms with Crippen LogP contribution >= 0.6 is 0 Å². The van der Waals surface area contributed by atoms with E-state index in [2.05, 4.69) is 5.32 Å². The van der Waals surface area contributed by atoms with Gasteiger partial charge in [-0.05, 0) is 50.8 Å². The number of benzene rings is 3. The molecule has 0 spiro atoms. The van der Waals surface area contributed by atoms with Gasteiger partial charge in [0.1, 0.15) is 11.4 Å². The normalized spacial score (nSPS) is 18.0. The molecule has 0 bridgehead atoms. The molecule has 9 nitrogen and oxygen atoms in total. The van der Waals surface area contributed by atoms with Gasteiger partial charge in [-0.1, -0.05) is 24.3 Å². The third kappa shape index (κ3) is 4.75. The first-order valence-corrected chi connectivity index (χ1v) is 13.3. The molecule has 2 atom stereocenters. The third-order valence-electron chi connectivity index (χ3n) is 7.41. The second kappa shape index (κ2) is 10.1. The van der Waals surface area contributed by atoms with Gasteiger partial charge < -0.3 is 29.0 Å². The van der Waals surface area contributed by atoms with Crippen LogP contribution in [0.3, 0.4) is 0 Å². The third-order valence-corrected chi connectivity index (χ3v) is 7.41. The van der Waals surface area contributed by atoms with Crippen molar-refractivity contribution in [3.05, 3.63) is 58.3 Å². The Hall–Kier alpha value is -4.11. The lowest BCUT2D eigenvalue weighted by Crippen LogP contribution is -2.52. The van der Waals surface area contributed by atoms with Crippen molar-refractivity contribution >= 4 is 50.2 Å². The minimum Gasteiger partial charge on any atom is -0.483 e. The lowest BCUT2D eigenvalue weighted by atomic mass is 9.86. The zero-order valence-electron chi connectivity index (χ0n) is 24.0. The average molecular weight is 546 g/mol. The number of nitrogens with zero attached hydrogens (tertiary/aromatic N) is 2. The van der Waals surface area contributed by atoms with Crippen molar-refractivity contribution in [1.29, 1.82) is 0 Å². The molecule has 9 heteroatoms. The Balaban J connectivity index is 1.91. The second-order valence-corrected chi connectivity index (χ2v) is 11.2. The van der Waals surface area contributed by atoms with Gasteiger partial charge in [-0.2, -0.15) is 0 Å². The van der Waals surface area contributed by atoms with E-state index in [0.29, 0.717) is 39.8 Å². The first-order valence-electron chi connectivity index (χ1n) is 13.3. The molecular formula is C31H35N3O6. The van der Waals surface area contributed by atoms with Crippen LogP contribution in [0.5, 0.6) is 5.75 Å². The number of hydrogen-bond donors (Lipinski definition) is 1. The maximum Gasteiger partial charge on any atom is 0.303 e. The Morgan fingerprint density at radius 1 is 1.05 bits per heavy atom. The van der Waals surface area contributed by atoms with Crippen LogP contribution in [0.2, 0.25) is 0 Å². The summed E-state index contributed by atoms with van der Waals surface area (Å²) in [6.07, 6.45) is -1.94. The highest BCUT2D eigenvalue weighted by Gasteiger charge is 2.50. The zero-order chi connectivity index (χ0) is 28.9. The number of anilines is 1. The van der Waals surface area contributed by atoms with E-state index in [4.69, 9.17) is 14.2 Å². The molecule has 1 N–H and O–H groups in total. The van der Waals surface area contributed by atoms with Crippen molar-refractivity contribution < 1.29 is 23.8 Å². The van der Waals surface area contributed by atoms with E-state index in [9.17, 15) is 14.4 Å². The molecule has 0 fully saturated rings. The lowest BCUT2D eigenvalue weighted by Gasteiger charge is -2.43. The maximum absolute atomic E-state index is 14.3. The molecule has 40 heavy (non-hydrogen) atoms. The molecule has 0 radical (unpaired) electrons. The summed E-state index contributed by atoms with van der Waals surface area (Å²) >= 11 is 0. The van der Waals surface area contributed by atoms with Crippen molar-refractivity contribution in [2.45, 2.75) is 45.5 Å². The van der Waals surface area contributed by atoms with Gasteiger partial charge in [0.2, 0.25) is 0 Å². The van der Waals surface area contributed by atoms with Crippen LogP contribution in [-0.2, 0) is 26.1 Å². The van der Waals surface area contributed by atoms with Crippen molar-refractivity contribution in [3.63, 3.8) is 0 Å². The van der Waals surface area contributed by atoms with Crippen LogP contribution < -0.4 is 15.5 Å². The molecule has 3 aromatic carbocycles. The maximum atomic E-state index is 14.3. The lowest BCUT2D eigenvalue weighted by molar-refractivity contribution is -0.187. The molecule has 2 heterocycles. The smallest absolute Gasteiger partial charge is 0.303 e. The molecule has 5 rings (SSSR count). The summed E-state index contributed by atoms with van der Waals surface area (Å²) in [4.78, 5) is 40.9. The molecule has 1 aliphatic rings. The van der Waals surface area contributed by atoms with Gasteiger partial charge >= 0.3 is 11.9 Å². The summed E-state index contributed by atoms with van der Waals surface area (Å²) in [5.74, 6) is -0.613. The summed E-state index contributed by atoms with van der Waals surface area (Å²) in [6.45, 7) is 7.53. The van der Waals surface area contributed by atoms with Gasteiger partial charge in [-0.15, -0.1) is 0 Å². The highest BCUT2D eigenvalue weighted by atomic mass is 16.6. The number of hydrogen-bond acceptors (Lipinski definition) is 8. The van der Waals surface area contributed by atoms with E-state index < -0.39 is 29.7 Å². The number of carbonyl (C=O) groups excluding carboxylic acids is 2. The van der Waals surface area contributed by atoms with Crippen molar-refractivity contribution in [2.75, 3.05) is 32.5 Å². The molecule has 1 aromatic heterocycles. The Morgan fingerprint density at radius 3 is 2.33 bits per heavy atom. The number of carbonyl (C=O) groups is 2. The van der Waals surface area contributed by atoms with E-state index in [0.717, 1.165) is 22.8 Å². The van der Waals surface area contributed by atoms with Crippen molar-refractivity contribution in [1.82, 2.24) is 9.47 Å². The van der Waals surface area contributed by atoms with Crippen LogP contribution in [0.1, 0.15) is 39.4 Å². The van der Waals surface area contributed by atoms with Crippen molar-refractivity contribution in [2.24, 2.45) is 7.05 Å². The van der Waals surface area contributed by atoms with E-state index >= 15 is 0 Å². The molecule has 210 valence electrons. The number of pyridine rings is 1.